The maximum absolute atomic E-state index is 6.50. The SMILES string of the molecule is C=C(C)C1CCC(C)C2Oc3cc(-c4ccc(C(C)(C)C)cc4)ccc3C12. The summed E-state index contributed by atoms with van der Waals surface area (Å²) in [6, 6.07) is 15.8. The van der Waals surface area contributed by atoms with E-state index in [9.17, 15) is 0 Å². The first-order chi connectivity index (χ1) is 12.8. The van der Waals surface area contributed by atoms with Crippen LogP contribution in [0.25, 0.3) is 11.1 Å². The van der Waals surface area contributed by atoms with Gasteiger partial charge in [-0.05, 0) is 59.8 Å². The van der Waals surface area contributed by atoms with Gasteiger partial charge in [0.15, 0.2) is 0 Å². The van der Waals surface area contributed by atoms with Crippen LogP contribution in [0.1, 0.15) is 64.5 Å². The van der Waals surface area contributed by atoms with Crippen LogP contribution in [-0.4, -0.2) is 6.10 Å². The topological polar surface area (TPSA) is 9.23 Å². The second-order valence-electron chi connectivity index (χ2n) is 9.70. The molecule has 27 heavy (non-hydrogen) atoms. The third-order valence-electron chi connectivity index (χ3n) is 6.63. The number of rotatable bonds is 2. The summed E-state index contributed by atoms with van der Waals surface area (Å²) in [6.45, 7) is 15.6. The van der Waals surface area contributed by atoms with Crippen LogP contribution >= 0.6 is 0 Å². The molecule has 0 bridgehead atoms. The van der Waals surface area contributed by atoms with Gasteiger partial charge in [0, 0.05) is 11.5 Å². The maximum atomic E-state index is 6.50. The van der Waals surface area contributed by atoms with Crippen molar-refractivity contribution in [2.45, 2.75) is 64.9 Å². The van der Waals surface area contributed by atoms with E-state index in [2.05, 4.69) is 83.7 Å². The van der Waals surface area contributed by atoms with Crippen LogP contribution in [0.2, 0.25) is 0 Å². The lowest BCUT2D eigenvalue weighted by atomic mass is 9.68. The molecule has 0 radical (unpaired) electrons. The van der Waals surface area contributed by atoms with Crippen molar-refractivity contribution in [2.24, 2.45) is 11.8 Å². The molecule has 0 N–H and O–H groups in total. The largest absolute Gasteiger partial charge is 0.489 e. The Bertz CT molecular complexity index is 853. The van der Waals surface area contributed by atoms with E-state index >= 15 is 0 Å². The number of hydrogen-bond acceptors (Lipinski definition) is 1. The summed E-state index contributed by atoms with van der Waals surface area (Å²) < 4.78 is 6.50. The molecular formula is C26H32O. The van der Waals surface area contributed by atoms with Crippen molar-refractivity contribution in [3.63, 3.8) is 0 Å². The van der Waals surface area contributed by atoms with E-state index in [0.29, 0.717) is 23.9 Å². The molecule has 0 spiro atoms. The van der Waals surface area contributed by atoms with Crippen molar-refractivity contribution < 1.29 is 4.74 Å². The third kappa shape index (κ3) is 3.22. The van der Waals surface area contributed by atoms with Gasteiger partial charge in [0.05, 0.1) is 0 Å². The second-order valence-corrected chi connectivity index (χ2v) is 9.70. The third-order valence-corrected chi connectivity index (χ3v) is 6.63. The summed E-state index contributed by atoms with van der Waals surface area (Å²) in [6.07, 6.45) is 2.76. The summed E-state index contributed by atoms with van der Waals surface area (Å²) in [4.78, 5) is 0. The molecule has 1 heterocycles. The van der Waals surface area contributed by atoms with E-state index in [0.717, 1.165) is 5.75 Å². The quantitative estimate of drug-likeness (QED) is 0.518. The fourth-order valence-electron chi connectivity index (χ4n) is 4.91. The Kier molecular flexibility index (Phi) is 4.45. The highest BCUT2D eigenvalue weighted by Crippen LogP contribution is 2.52. The minimum absolute atomic E-state index is 0.184. The fraction of sp³-hybridized carbons (Fsp3) is 0.462. The molecular weight excluding hydrogens is 328 g/mol. The highest BCUT2D eigenvalue weighted by Gasteiger charge is 2.45. The standard InChI is InChI=1S/C26H32O/c1-16(2)21-13-7-17(3)25-24(21)22-14-10-19(15-23(22)27-25)18-8-11-20(12-9-18)26(4,5)6/h8-12,14-15,17,21,24-25H,1,7,13H2,2-6H3. The van der Waals surface area contributed by atoms with Gasteiger partial charge in [0.25, 0.3) is 0 Å². The first-order valence-corrected chi connectivity index (χ1v) is 10.3. The zero-order chi connectivity index (χ0) is 19.3. The van der Waals surface area contributed by atoms with Gasteiger partial charge >= 0.3 is 0 Å². The molecule has 0 aromatic heterocycles. The number of fused-ring (bicyclic) bond motifs is 3. The highest BCUT2D eigenvalue weighted by atomic mass is 16.5. The Hall–Kier alpha value is -2.02. The molecule has 142 valence electrons. The Morgan fingerprint density at radius 2 is 1.67 bits per heavy atom. The van der Waals surface area contributed by atoms with Crippen molar-refractivity contribution in [3.05, 3.63) is 65.7 Å². The van der Waals surface area contributed by atoms with E-state index < -0.39 is 0 Å². The molecule has 1 aliphatic heterocycles. The maximum Gasteiger partial charge on any atom is 0.124 e. The Balaban J connectivity index is 1.68. The summed E-state index contributed by atoms with van der Waals surface area (Å²) >= 11 is 0. The molecule has 2 aromatic rings. The van der Waals surface area contributed by atoms with Gasteiger partial charge in [0.1, 0.15) is 11.9 Å². The normalized spacial score (nSPS) is 26.9. The van der Waals surface area contributed by atoms with Crippen LogP contribution in [0.5, 0.6) is 5.75 Å². The van der Waals surface area contributed by atoms with E-state index in [-0.39, 0.29) is 5.41 Å². The average molecular weight is 361 g/mol. The van der Waals surface area contributed by atoms with Gasteiger partial charge in [-0.3, -0.25) is 0 Å². The van der Waals surface area contributed by atoms with Gasteiger partial charge in [-0.25, -0.2) is 0 Å². The van der Waals surface area contributed by atoms with Crippen molar-refractivity contribution >= 4 is 0 Å². The summed E-state index contributed by atoms with van der Waals surface area (Å²) in [5.74, 6) is 2.71. The Labute approximate surface area is 164 Å². The smallest absolute Gasteiger partial charge is 0.124 e. The Morgan fingerprint density at radius 1 is 1.00 bits per heavy atom. The number of benzene rings is 2. The lowest BCUT2D eigenvalue weighted by Crippen LogP contribution is -2.36. The first kappa shape index (κ1) is 18.3. The van der Waals surface area contributed by atoms with Crippen molar-refractivity contribution in [1.82, 2.24) is 0 Å². The molecule has 2 aliphatic rings. The monoisotopic (exact) mass is 360 g/mol. The molecule has 0 saturated heterocycles. The zero-order valence-electron chi connectivity index (χ0n) is 17.4. The molecule has 4 unspecified atom stereocenters. The molecule has 4 rings (SSSR count). The average Bonchev–Trinajstić information content (AvgIpc) is 3.01. The van der Waals surface area contributed by atoms with Gasteiger partial charge in [-0.15, -0.1) is 0 Å². The van der Waals surface area contributed by atoms with Crippen LogP contribution in [-0.2, 0) is 5.41 Å². The van der Waals surface area contributed by atoms with Crippen LogP contribution in [0.3, 0.4) is 0 Å². The molecule has 1 nitrogen and oxygen atoms in total. The van der Waals surface area contributed by atoms with Gasteiger partial charge in [0.2, 0.25) is 0 Å². The van der Waals surface area contributed by atoms with Crippen LogP contribution < -0.4 is 4.74 Å². The lowest BCUT2D eigenvalue weighted by Gasteiger charge is -2.37. The lowest BCUT2D eigenvalue weighted by molar-refractivity contribution is 0.0868. The summed E-state index contributed by atoms with van der Waals surface area (Å²) in [5, 5.41) is 0. The van der Waals surface area contributed by atoms with Gasteiger partial charge in [-0.2, -0.15) is 0 Å². The van der Waals surface area contributed by atoms with Crippen molar-refractivity contribution in [2.75, 3.05) is 0 Å². The van der Waals surface area contributed by atoms with Crippen LogP contribution in [0.15, 0.2) is 54.6 Å². The van der Waals surface area contributed by atoms with Gasteiger partial charge < -0.3 is 4.74 Å². The molecule has 2 aromatic carbocycles. The number of allylic oxidation sites excluding steroid dienone is 1. The predicted octanol–water partition coefficient (Wildman–Crippen LogP) is 7.12. The molecule has 1 fully saturated rings. The molecule has 4 atom stereocenters. The summed E-state index contributed by atoms with van der Waals surface area (Å²) in [7, 11) is 0. The summed E-state index contributed by atoms with van der Waals surface area (Å²) in [5.41, 5.74) is 6.74. The number of hydrogen-bond donors (Lipinski definition) is 0. The van der Waals surface area contributed by atoms with E-state index in [4.69, 9.17) is 4.74 Å². The fourth-order valence-corrected chi connectivity index (χ4v) is 4.91. The van der Waals surface area contributed by atoms with Crippen molar-refractivity contribution in [1.29, 1.82) is 0 Å². The highest BCUT2D eigenvalue weighted by molar-refractivity contribution is 5.67. The second kappa shape index (κ2) is 6.55. The van der Waals surface area contributed by atoms with Gasteiger partial charge in [-0.1, -0.05) is 76.2 Å². The predicted molar refractivity (Wildman–Crippen MR) is 114 cm³/mol. The zero-order valence-corrected chi connectivity index (χ0v) is 17.4. The number of ether oxygens (including phenoxy) is 1. The van der Waals surface area contributed by atoms with E-state index in [1.807, 2.05) is 0 Å². The molecule has 1 aliphatic carbocycles. The minimum atomic E-state index is 0.184. The van der Waals surface area contributed by atoms with Crippen LogP contribution in [0, 0.1) is 11.8 Å². The van der Waals surface area contributed by atoms with Crippen molar-refractivity contribution in [3.8, 4) is 16.9 Å². The van der Waals surface area contributed by atoms with E-state index in [1.54, 1.807) is 0 Å². The first-order valence-electron chi connectivity index (χ1n) is 10.3. The minimum Gasteiger partial charge on any atom is -0.489 e. The van der Waals surface area contributed by atoms with Crippen LogP contribution in [0.4, 0.5) is 0 Å². The molecule has 0 amide bonds. The molecule has 1 saturated carbocycles. The Morgan fingerprint density at radius 3 is 2.30 bits per heavy atom. The van der Waals surface area contributed by atoms with E-state index in [1.165, 1.54) is 40.7 Å². The molecule has 1 heteroatoms.